The Labute approximate surface area is 115 Å². The van der Waals surface area contributed by atoms with Crippen LogP contribution >= 0.6 is 11.6 Å². The van der Waals surface area contributed by atoms with Crippen molar-refractivity contribution in [2.24, 2.45) is 7.05 Å². The number of hydrogen-bond acceptors (Lipinski definition) is 3. The predicted molar refractivity (Wildman–Crippen MR) is 71.9 cm³/mol. The summed E-state index contributed by atoms with van der Waals surface area (Å²) in [7, 11) is 3.22. The summed E-state index contributed by atoms with van der Waals surface area (Å²) in [5.41, 5.74) is 2.13. The van der Waals surface area contributed by atoms with Gasteiger partial charge in [-0.2, -0.15) is 5.10 Å². The summed E-state index contributed by atoms with van der Waals surface area (Å²) in [6.45, 7) is 1.90. The Morgan fingerprint density at radius 3 is 2.68 bits per heavy atom. The number of benzene rings is 1. The van der Waals surface area contributed by atoms with Crippen molar-refractivity contribution in [1.82, 2.24) is 9.78 Å². The Morgan fingerprint density at radius 2 is 2.16 bits per heavy atom. The molecule has 100 valence electrons. The van der Waals surface area contributed by atoms with E-state index in [1.165, 1.54) is 10.7 Å². The van der Waals surface area contributed by atoms with Crippen LogP contribution in [0.25, 0.3) is 11.3 Å². The molecule has 5 nitrogen and oxygen atoms in total. The summed E-state index contributed by atoms with van der Waals surface area (Å²) < 4.78 is 6.84. The molecule has 1 heterocycles. The summed E-state index contributed by atoms with van der Waals surface area (Å²) in [5.74, 6) is -0.461. The van der Waals surface area contributed by atoms with Crippen molar-refractivity contribution in [3.05, 3.63) is 34.5 Å². The molecule has 0 saturated carbocycles. The van der Waals surface area contributed by atoms with Gasteiger partial charge in [-0.25, -0.2) is 4.79 Å². The van der Waals surface area contributed by atoms with E-state index in [2.05, 4.69) is 5.10 Å². The van der Waals surface area contributed by atoms with Gasteiger partial charge in [0.15, 0.2) is 5.69 Å². The molecule has 0 fully saturated rings. The van der Waals surface area contributed by atoms with Gasteiger partial charge in [0.1, 0.15) is 5.75 Å². The minimum Gasteiger partial charge on any atom is -0.496 e. The zero-order chi connectivity index (χ0) is 14.2. The number of methoxy groups -OCH3 is 1. The number of carbonyl (C=O) groups is 1. The van der Waals surface area contributed by atoms with Crippen molar-refractivity contribution in [3.8, 4) is 17.0 Å². The molecule has 0 saturated heterocycles. The number of nitrogens with zero attached hydrogens (tertiary/aromatic N) is 2. The number of carboxylic acids is 1. The van der Waals surface area contributed by atoms with Crippen molar-refractivity contribution < 1.29 is 14.6 Å². The highest BCUT2D eigenvalue weighted by molar-refractivity contribution is 6.33. The van der Waals surface area contributed by atoms with Gasteiger partial charge in [-0.05, 0) is 24.6 Å². The van der Waals surface area contributed by atoms with E-state index in [1.54, 1.807) is 20.2 Å². The van der Waals surface area contributed by atoms with Crippen LogP contribution in [-0.4, -0.2) is 28.0 Å². The van der Waals surface area contributed by atoms with Crippen LogP contribution in [0.5, 0.6) is 5.75 Å². The standard InChI is InChI=1S/C13H13ClN2O3/c1-7-4-5-8(14)11(12(7)19-3)10-6-9(13(17)18)15-16(10)2/h4-6H,1-3H3,(H,17,18). The highest BCUT2D eigenvalue weighted by Crippen LogP contribution is 2.38. The van der Waals surface area contributed by atoms with Gasteiger partial charge in [0.2, 0.25) is 0 Å². The minimum absolute atomic E-state index is 0.0304. The van der Waals surface area contributed by atoms with Gasteiger partial charge in [0.25, 0.3) is 0 Å². The third kappa shape index (κ3) is 2.29. The van der Waals surface area contributed by atoms with Crippen LogP contribution in [0.4, 0.5) is 0 Å². The number of hydrogen-bond donors (Lipinski definition) is 1. The number of halogens is 1. The maximum absolute atomic E-state index is 11.0. The Balaban J connectivity index is 2.71. The fourth-order valence-electron chi connectivity index (χ4n) is 1.97. The lowest BCUT2D eigenvalue weighted by atomic mass is 10.1. The maximum atomic E-state index is 11.0. The molecule has 0 atom stereocenters. The Morgan fingerprint density at radius 1 is 1.47 bits per heavy atom. The first-order chi connectivity index (χ1) is 8.95. The predicted octanol–water partition coefficient (Wildman–Crippen LogP) is 2.76. The van der Waals surface area contributed by atoms with Crippen LogP contribution in [0.1, 0.15) is 16.1 Å². The lowest BCUT2D eigenvalue weighted by molar-refractivity contribution is 0.0689. The number of aromatic carboxylic acids is 1. The van der Waals surface area contributed by atoms with Crippen LogP contribution in [0.15, 0.2) is 18.2 Å². The van der Waals surface area contributed by atoms with Gasteiger partial charge in [0, 0.05) is 7.05 Å². The smallest absolute Gasteiger partial charge is 0.356 e. The molecule has 0 spiro atoms. The summed E-state index contributed by atoms with van der Waals surface area (Å²) in [6.07, 6.45) is 0. The van der Waals surface area contributed by atoms with Crippen LogP contribution < -0.4 is 4.74 Å². The van der Waals surface area contributed by atoms with E-state index < -0.39 is 5.97 Å². The zero-order valence-electron chi connectivity index (χ0n) is 10.8. The lowest BCUT2D eigenvalue weighted by Gasteiger charge is -2.13. The van der Waals surface area contributed by atoms with Gasteiger partial charge in [-0.3, -0.25) is 4.68 Å². The zero-order valence-corrected chi connectivity index (χ0v) is 11.5. The summed E-state index contributed by atoms with van der Waals surface area (Å²) in [6, 6.07) is 5.08. The molecular formula is C13H13ClN2O3. The van der Waals surface area contributed by atoms with Gasteiger partial charge >= 0.3 is 5.97 Å². The molecule has 19 heavy (non-hydrogen) atoms. The van der Waals surface area contributed by atoms with Crippen molar-refractivity contribution in [2.75, 3.05) is 7.11 Å². The van der Waals surface area contributed by atoms with Gasteiger partial charge in [0.05, 0.1) is 23.4 Å². The van der Waals surface area contributed by atoms with E-state index >= 15 is 0 Å². The van der Waals surface area contributed by atoms with E-state index in [4.69, 9.17) is 21.4 Å². The van der Waals surface area contributed by atoms with Crippen molar-refractivity contribution in [2.45, 2.75) is 6.92 Å². The molecule has 1 N–H and O–H groups in total. The quantitative estimate of drug-likeness (QED) is 0.939. The van der Waals surface area contributed by atoms with Crippen molar-refractivity contribution >= 4 is 17.6 Å². The molecule has 0 aliphatic carbocycles. The first-order valence-corrected chi connectivity index (χ1v) is 5.94. The maximum Gasteiger partial charge on any atom is 0.356 e. The fraction of sp³-hybridized carbons (Fsp3) is 0.231. The molecule has 2 rings (SSSR count). The average Bonchev–Trinajstić information content (AvgIpc) is 2.74. The highest BCUT2D eigenvalue weighted by atomic mass is 35.5. The third-order valence-electron chi connectivity index (χ3n) is 2.86. The molecule has 0 unspecified atom stereocenters. The van der Waals surface area contributed by atoms with E-state index in [0.29, 0.717) is 22.0 Å². The second-order valence-corrected chi connectivity index (χ2v) is 4.52. The molecule has 1 aromatic heterocycles. The molecule has 0 amide bonds. The van der Waals surface area contributed by atoms with Crippen LogP contribution in [0, 0.1) is 6.92 Å². The van der Waals surface area contributed by atoms with Crippen LogP contribution in [0.2, 0.25) is 5.02 Å². The second kappa shape index (κ2) is 4.93. The van der Waals surface area contributed by atoms with Crippen molar-refractivity contribution in [1.29, 1.82) is 0 Å². The molecule has 0 aliphatic rings. The van der Waals surface area contributed by atoms with Gasteiger partial charge in [-0.1, -0.05) is 17.7 Å². The van der Waals surface area contributed by atoms with E-state index in [1.807, 2.05) is 13.0 Å². The van der Waals surface area contributed by atoms with Crippen LogP contribution in [-0.2, 0) is 7.05 Å². The molecule has 0 radical (unpaired) electrons. The van der Waals surface area contributed by atoms with E-state index in [0.717, 1.165) is 5.56 Å². The lowest BCUT2D eigenvalue weighted by Crippen LogP contribution is -2.00. The number of aryl methyl sites for hydroxylation is 2. The Bertz CT molecular complexity index is 650. The summed E-state index contributed by atoms with van der Waals surface area (Å²) >= 11 is 6.21. The van der Waals surface area contributed by atoms with Gasteiger partial charge in [-0.15, -0.1) is 0 Å². The first kappa shape index (κ1) is 13.4. The molecular weight excluding hydrogens is 268 g/mol. The Kier molecular flexibility index (Phi) is 3.48. The molecule has 0 bridgehead atoms. The molecule has 0 aliphatic heterocycles. The molecule has 1 aromatic carbocycles. The first-order valence-electron chi connectivity index (χ1n) is 5.56. The number of carboxylic acid groups (broad SMARTS) is 1. The topological polar surface area (TPSA) is 64.3 Å². The SMILES string of the molecule is COc1c(C)ccc(Cl)c1-c1cc(C(=O)O)nn1C. The average molecular weight is 281 g/mol. The molecule has 6 heteroatoms. The summed E-state index contributed by atoms with van der Waals surface area (Å²) in [5, 5.41) is 13.4. The number of aromatic nitrogens is 2. The van der Waals surface area contributed by atoms with Gasteiger partial charge < -0.3 is 9.84 Å². The normalized spacial score (nSPS) is 10.5. The monoisotopic (exact) mass is 280 g/mol. The largest absolute Gasteiger partial charge is 0.496 e. The summed E-state index contributed by atoms with van der Waals surface area (Å²) in [4.78, 5) is 11.0. The number of ether oxygens (including phenoxy) is 1. The highest BCUT2D eigenvalue weighted by Gasteiger charge is 2.19. The van der Waals surface area contributed by atoms with E-state index in [9.17, 15) is 4.79 Å². The fourth-order valence-corrected chi connectivity index (χ4v) is 2.22. The second-order valence-electron chi connectivity index (χ2n) is 4.12. The van der Waals surface area contributed by atoms with E-state index in [-0.39, 0.29) is 5.69 Å². The Hall–Kier alpha value is -2.01. The van der Waals surface area contributed by atoms with Crippen molar-refractivity contribution in [3.63, 3.8) is 0 Å². The third-order valence-corrected chi connectivity index (χ3v) is 3.18. The minimum atomic E-state index is -1.08. The van der Waals surface area contributed by atoms with Crippen LogP contribution in [0.3, 0.4) is 0 Å². The number of rotatable bonds is 3. The molecule has 2 aromatic rings.